The maximum Gasteiger partial charge on any atom is 0.337 e. The molecule has 0 atom stereocenters. The van der Waals surface area contributed by atoms with Crippen molar-refractivity contribution in [3.63, 3.8) is 0 Å². The Morgan fingerprint density at radius 2 is 1.47 bits per heavy atom. The number of carbonyl (C=O) groups is 1. The van der Waals surface area contributed by atoms with Crippen LogP contribution in [-0.4, -0.2) is 13.1 Å². The van der Waals surface area contributed by atoms with Gasteiger partial charge in [-0.15, -0.1) is 5.11 Å². The molecular formula is C26H28N2O2. The lowest BCUT2D eigenvalue weighted by Gasteiger charge is -2.11. The minimum atomic E-state index is -0.346. The molecule has 4 nitrogen and oxygen atoms in total. The second-order valence-electron chi connectivity index (χ2n) is 7.95. The second-order valence-corrected chi connectivity index (χ2v) is 7.95. The van der Waals surface area contributed by atoms with Gasteiger partial charge in [0.05, 0.1) is 24.0 Å². The van der Waals surface area contributed by atoms with Gasteiger partial charge >= 0.3 is 5.97 Å². The van der Waals surface area contributed by atoms with Crippen LogP contribution in [0.15, 0.2) is 77.0 Å². The van der Waals surface area contributed by atoms with E-state index in [9.17, 15) is 4.79 Å². The normalized spacial score (nSPS) is 11.4. The third-order valence-corrected chi connectivity index (χ3v) is 5.12. The molecule has 0 aliphatic rings. The van der Waals surface area contributed by atoms with Crippen molar-refractivity contribution in [2.45, 2.75) is 39.5 Å². The number of nitrogens with zero attached hydrogens (tertiary/aromatic N) is 2. The van der Waals surface area contributed by atoms with Crippen LogP contribution < -0.4 is 0 Å². The number of methoxy groups -OCH3 is 1. The smallest absolute Gasteiger partial charge is 0.337 e. The lowest BCUT2D eigenvalue weighted by molar-refractivity contribution is 0.0601. The number of esters is 1. The van der Waals surface area contributed by atoms with Crippen molar-refractivity contribution in [2.75, 3.05) is 7.11 Å². The second kappa shape index (κ2) is 9.49. The highest BCUT2D eigenvalue weighted by molar-refractivity contribution is 5.90. The largest absolute Gasteiger partial charge is 0.465 e. The van der Waals surface area contributed by atoms with Gasteiger partial charge in [0, 0.05) is 5.56 Å². The van der Waals surface area contributed by atoms with Crippen LogP contribution >= 0.6 is 0 Å². The van der Waals surface area contributed by atoms with Crippen LogP contribution in [0.3, 0.4) is 0 Å². The lowest BCUT2D eigenvalue weighted by atomic mass is 9.96. The third kappa shape index (κ3) is 5.01. The van der Waals surface area contributed by atoms with Gasteiger partial charge in [0.2, 0.25) is 0 Å². The summed E-state index contributed by atoms with van der Waals surface area (Å²) in [6.45, 7) is 8.65. The van der Waals surface area contributed by atoms with Gasteiger partial charge in [0.1, 0.15) is 0 Å². The lowest BCUT2D eigenvalue weighted by Crippen LogP contribution is -2.00. The molecule has 3 aromatic carbocycles. The summed E-state index contributed by atoms with van der Waals surface area (Å²) >= 11 is 0. The first-order chi connectivity index (χ1) is 14.4. The summed E-state index contributed by atoms with van der Waals surface area (Å²) in [5.74, 6) is 0.480. The molecule has 0 bridgehead atoms. The summed E-state index contributed by atoms with van der Waals surface area (Å²) in [7, 11) is 1.38. The molecule has 0 radical (unpaired) electrons. The van der Waals surface area contributed by atoms with E-state index in [1.54, 1.807) is 12.1 Å². The summed E-state index contributed by atoms with van der Waals surface area (Å²) < 4.78 is 4.79. The van der Waals surface area contributed by atoms with Crippen LogP contribution in [0.2, 0.25) is 0 Å². The number of rotatable bonds is 6. The number of ether oxygens (including phenoxy) is 1. The molecule has 154 valence electrons. The zero-order valence-corrected chi connectivity index (χ0v) is 18.2. The Morgan fingerprint density at radius 3 is 2.10 bits per heavy atom. The molecule has 0 saturated heterocycles. The average molecular weight is 401 g/mol. The van der Waals surface area contributed by atoms with Crippen molar-refractivity contribution in [1.29, 1.82) is 0 Å². The van der Waals surface area contributed by atoms with E-state index < -0.39 is 0 Å². The third-order valence-electron chi connectivity index (χ3n) is 5.12. The van der Waals surface area contributed by atoms with Gasteiger partial charge in [-0.1, -0.05) is 64.1 Å². The fourth-order valence-corrected chi connectivity index (χ4v) is 3.20. The standard InChI is InChI=1S/C26H28N2O2/c1-17(2)21-7-6-8-23(15-21)27-28-25-16-22(18(3)4)13-14-24(25)19-9-11-20(12-10-19)26(29)30-5/h6-18H,1-5H3/b28-27+. The molecule has 0 fully saturated rings. The number of hydrogen-bond acceptors (Lipinski definition) is 4. The van der Waals surface area contributed by atoms with Gasteiger partial charge < -0.3 is 4.74 Å². The van der Waals surface area contributed by atoms with Gasteiger partial charge in [-0.25, -0.2) is 4.79 Å². The van der Waals surface area contributed by atoms with Crippen LogP contribution in [0.4, 0.5) is 11.4 Å². The van der Waals surface area contributed by atoms with Crippen molar-refractivity contribution < 1.29 is 9.53 Å². The van der Waals surface area contributed by atoms with E-state index >= 15 is 0 Å². The molecule has 3 rings (SSSR count). The molecule has 0 aliphatic carbocycles. The van der Waals surface area contributed by atoms with E-state index in [1.165, 1.54) is 18.2 Å². The highest BCUT2D eigenvalue weighted by atomic mass is 16.5. The predicted molar refractivity (Wildman–Crippen MR) is 122 cm³/mol. The average Bonchev–Trinajstić information content (AvgIpc) is 2.77. The molecule has 0 aromatic heterocycles. The first-order valence-electron chi connectivity index (χ1n) is 10.2. The van der Waals surface area contributed by atoms with E-state index in [0.29, 0.717) is 17.4 Å². The van der Waals surface area contributed by atoms with Crippen LogP contribution in [-0.2, 0) is 4.74 Å². The van der Waals surface area contributed by atoms with Crippen LogP contribution in [0.1, 0.15) is 61.0 Å². The quantitative estimate of drug-likeness (QED) is 0.313. The highest BCUT2D eigenvalue weighted by Gasteiger charge is 2.11. The van der Waals surface area contributed by atoms with E-state index in [0.717, 1.165) is 22.5 Å². The summed E-state index contributed by atoms with van der Waals surface area (Å²) in [4.78, 5) is 11.7. The van der Waals surface area contributed by atoms with E-state index in [-0.39, 0.29) is 5.97 Å². The SMILES string of the molecule is COC(=O)c1ccc(-c2ccc(C(C)C)cc2/N=N/c2cccc(C(C)C)c2)cc1. The van der Waals surface area contributed by atoms with Crippen molar-refractivity contribution in [3.05, 3.63) is 83.4 Å². The Balaban J connectivity index is 2.01. The van der Waals surface area contributed by atoms with Crippen molar-refractivity contribution >= 4 is 17.3 Å². The zero-order chi connectivity index (χ0) is 21.7. The maximum absolute atomic E-state index is 11.7. The zero-order valence-electron chi connectivity index (χ0n) is 18.2. The molecule has 0 heterocycles. The maximum atomic E-state index is 11.7. The summed E-state index contributed by atoms with van der Waals surface area (Å²) in [5.41, 5.74) is 6.55. The Kier molecular flexibility index (Phi) is 6.78. The van der Waals surface area contributed by atoms with Crippen LogP contribution in [0, 0.1) is 0 Å². The summed E-state index contributed by atoms with van der Waals surface area (Å²) in [6, 6.07) is 21.8. The molecule has 4 heteroatoms. The molecule has 0 amide bonds. The molecule has 0 aliphatic heterocycles. The minimum absolute atomic E-state index is 0.346. The fraction of sp³-hybridized carbons (Fsp3) is 0.269. The Labute approximate surface area is 178 Å². The summed E-state index contributed by atoms with van der Waals surface area (Å²) in [6.07, 6.45) is 0. The van der Waals surface area contributed by atoms with E-state index in [1.807, 2.05) is 24.3 Å². The Morgan fingerprint density at radius 1 is 0.800 bits per heavy atom. The number of azo groups is 1. The number of benzene rings is 3. The Hall–Kier alpha value is -3.27. The van der Waals surface area contributed by atoms with Gasteiger partial charge in [-0.3, -0.25) is 0 Å². The summed E-state index contributed by atoms with van der Waals surface area (Å²) in [5, 5.41) is 9.12. The number of hydrogen-bond donors (Lipinski definition) is 0. The topological polar surface area (TPSA) is 51.0 Å². The fourth-order valence-electron chi connectivity index (χ4n) is 3.20. The molecular weight excluding hydrogens is 372 g/mol. The number of carbonyl (C=O) groups excluding carboxylic acids is 1. The van der Waals surface area contributed by atoms with Gasteiger partial charge in [-0.05, 0) is 58.9 Å². The van der Waals surface area contributed by atoms with Crippen molar-refractivity contribution in [1.82, 2.24) is 0 Å². The highest BCUT2D eigenvalue weighted by Crippen LogP contribution is 2.35. The van der Waals surface area contributed by atoms with Gasteiger partial charge in [0.25, 0.3) is 0 Å². The Bertz CT molecular complexity index is 1050. The van der Waals surface area contributed by atoms with Crippen LogP contribution in [0.25, 0.3) is 11.1 Å². The molecule has 0 saturated carbocycles. The van der Waals surface area contributed by atoms with Gasteiger partial charge in [0.15, 0.2) is 0 Å². The van der Waals surface area contributed by atoms with Crippen molar-refractivity contribution in [2.24, 2.45) is 10.2 Å². The molecule has 3 aromatic rings. The first kappa shape index (κ1) is 21.4. The van der Waals surface area contributed by atoms with E-state index in [2.05, 4.69) is 68.3 Å². The minimum Gasteiger partial charge on any atom is -0.465 e. The predicted octanol–water partition coefficient (Wildman–Crippen LogP) is 7.80. The van der Waals surface area contributed by atoms with Gasteiger partial charge in [-0.2, -0.15) is 5.11 Å². The van der Waals surface area contributed by atoms with Crippen molar-refractivity contribution in [3.8, 4) is 11.1 Å². The first-order valence-corrected chi connectivity index (χ1v) is 10.2. The van der Waals surface area contributed by atoms with Crippen LogP contribution in [0.5, 0.6) is 0 Å². The molecule has 30 heavy (non-hydrogen) atoms. The molecule has 0 N–H and O–H groups in total. The van der Waals surface area contributed by atoms with E-state index in [4.69, 9.17) is 4.74 Å². The molecule has 0 spiro atoms. The monoisotopic (exact) mass is 400 g/mol. The molecule has 0 unspecified atom stereocenters.